The molecular formula is C18H20FNO3. The zero-order valence-corrected chi connectivity index (χ0v) is 13.2. The summed E-state index contributed by atoms with van der Waals surface area (Å²) >= 11 is 0. The predicted molar refractivity (Wildman–Crippen MR) is 85.8 cm³/mol. The van der Waals surface area contributed by atoms with Gasteiger partial charge in [-0.3, -0.25) is 4.79 Å². The molecule has 5 heteroatoms. The number of halogens is 1. The van der Waals surface area contributed by atoms with Gasteiger partial charge < -0.3 is 14.8 Å². The lowest BCUT2D eigenvalue weighted by Gasteiger charge is -2.16. The normalized spacial score (nSPS) is 11.8. The van der Waals surface area contributed by atoms with Gasteiger partial charge in [-0.25, -0.2) is 4.39 Å². The molecule has 0 aromatic heterocycles. The molecular weight excluding hydrogens is 297 g/mol. The summed E-state index contributed by atoms with van der Waals surface area (Å²) in [5.74, 6) is 0.0433. The van der Waals surface area contributed by atoms with Crippen LogP contribution in [0.4, 0.5) is 4.39 Å². The molecule has 0 aliphatic rings. The highest BCUT2D eigenvalue weighted by atomic mass is 19.1. The van der Waals surface area contributed by atoms with Crippen LogP contribution < -0.4 is 10.1 Å². The van der Waals surface area contributed by atoms with Gasteiger partial charge >= 0.3 is 0 Å². The van der Waals surface area contributed by atoms with E-state index in [0.717, 1.165) is 5.56 Å². The van der Waals surface area contributed by atoms with E-state index in [1.54, 1.807) is 12.1 Å². The molecule has 0 aliphatic carbocycles. The van der Waals surface area contributed by atoms with Crippen molar-refractivity contribution in [1.82, 2.24) is 5.32 Å². The molecule has 1 N–H and O–H groups in total. The first-order valence-corrected chi connectivity index (χ1v) is 7.33. The number of carbonyl (C=O) groups is 1. The van der Waals surface area contributed by atoms with E-state index in [-0.39, 0.29) is 24.9 Å². The van der Waals surface area contributed by atoms with Crippen LogP contribution in [0.2, 0.25) is 0 Å². The molecule has 0 fully saturated rings. The van der Waals surface area contributed by atoms with E-state index in [2.05, 4.69) is 5.32 Å². The van der Waals surface area contributed by atoms with Gasteiger partial charge in [-0.05, 0) is 36.8 Å². The average Bonchev–Trinajstić information content (AvgIpc) is 2.55. The number of nitrogens with one attached hydrogen (secondary N) is 1. The molecule has 2 rings (SSSR count). The van der Waals surface area contributed by atoms with Gasteiger partial charge in [-0.2, -0.15) is 0 Å². The number of hydrogen-bond donors (Lipinski definition) is 1. The predicted octanol–water partition coefficient (Wildman–Crippen LogP) is 3.02. The lowest BCUT2D eigenvalue weighted by molar-refractivity contribution is -0.123. The number of carbonyl (C=O) groups excluding carboxylic acids is 1. The summed E-state index contributed by atoms with van der Waals surface area (Å²) < 4.78 is 23.9. The van der Waals surface area contributed by atoms with Crippen molar-refractivity contribution in [1.29, 1.82) is 0 Å². The number of rotatable bonds is 7. The molecule has 2 aromatic carbocycles. The molecule has 0 aliphatic heterocycles. The maximum atomic E-state index is 13.2. The van der Waals surface area contributed by atoms with Crippen LogP contribution in [-0.4, -0.2) is 26.2 Å². The fraction of sp³-hybridized carbons (Fsp3) is 0.278. The molecule has 0 saturated carbocycles. The third kappa shape index (κ3) is 5.38. The molecule has 1 amide bonds. The summed E-state index contributed by atoms with van der Waals surface area (Å²) in [4.78, 5) is 11.8. The molecule has 23 heavy (non-hydrogen) atoms. The molecule has 1 atom stereocenters. The Labute approximate surface area is 135 Å². The van der Waals surface area contributed by atoms with Crippen molar-refractivity contribution >= 4 is 5.91 Å². The highest BCUT2D eigenvalue weighted by Gasteiger charge is 2.13. The number of aryl methyl sites for hydroxylation is 1. The highest BCUT2D eigenvalue weighted by Crippen LogP contribution is 2.16. The Balaban J connectivity index is 1.81. The van der Waals surface area contributed by atoms with E-state index in [4.69, 9.17) is 9.47 Å². The maximum Gasteiger partial charge on any atom is 0.258 e. The fourth-order valence-corrected chi connectivity index (χ4v) is 2.09. The second kappa shape index (κ2) is 8.29. The van der Waals surface area contributed by atoms with Crippen molar-refractivity contribution in [2.45, 2.75) is 13.0 Å². The van der Waals surface area contributed by atoms with Crippen molar-refractivity contribution in [2.75, 3.05) is 20.3 Å². The van der Waals surface area contributed by atoms with E-state index in [1.807, 2.05) is 31.2 Å². The largest absolute Gasteiger partial charge is 0.484 e. The molecule has 0 spiro atoms. The van der Waals surface area contributed by atoms with E-state index >= 15 is 0 Å². The topological polar surface area (TPSA) is 47.6 Å². The minimum atomic E-state index is -0.408. The minimum Gasteiger partial charge on any atom is -0.484 e. The van der Waals surface area contributed by atoms with Crippen LogP contribution in [0.1, 0.15) is 17.2 Å². The third-order valence-electron chi connectivity index (χ3n) is 3.38. The monoisotopic (exact) mass is 317 g/mol. The Morgan fingerprint density at radius 1 is 1.22 bits per heavy atom. The number of ether oxygens (including phenoxy) is 2. The van der Waals surface area contributed by atoms with Crippen molar-refractivity contribution in [3.05, 3.63) is 65.5 Å². The zero-order valence-electron chi connectivity index (χ0n) is 13.2. The highest BCUT2D eigenvalue weighted by molar-refractivity contribution is 5.77. The van der Waals surface area contributed by atoms with E-state index in [9.17, 15) is 9.18 Å². The van der Waals surface area contributed by atoms with Crippen molar-refractivity contribution in [2.24, 2.45) is 0 Å². The van der Waals surface area contributed by atoms with Gasteiger partial charge in [-0.1, -0.05) is 29.8 Å². The van der Waals surface area contributed by atoms with Crippen molar-refractivity contribution < 1.29 is 18.7 Å². The van der Waals surface area contributed by atoms with Crippen LogP contribution in [0.15, 0.2) is 48.5 Å². The lowest BCUT2D eigenvalue weighted by Crippen LogP contribution is -2.33. The number of methoxy groups -OCH3 is 1. The van der Waals surface area contributed by atoms with Gasteiger partial charge in [0, 0.05) is 13.7 Å². The van der Waals surface area contributed by atoms with E-state index in [0.29, 0.717) is 11.3 Å². The first kappa shape index (κ1) is 17.0. The summed E-state index contributed by atoms with van der Waals surface area (Å²) in [7, 11) is 1.52. The smallest absolute Gasteiger partial charge is 0.258 e. The fourth-order valence-electron chi connectivity index (χ4n) is 2.09. The van der Waals surface area contributed by atoms with Crippen molar-refractivity contribution in [3.8, 4) is 5.75 Å². The molecule has 122 valence electrons. The van der Waals surface area contributed by atoms with Gasteiger partial charge in [0.2, 0.25) is 0 Å². The Bertz CT molecular complexity index is 643. The minimum absolute atomic E-state index is 0.0807. The summed E-state index contributed by atoms with van der Waals surface area (Å²) in [6, 6.07) is 13.6. The van der Waals surface area contributed by atoms with Gasteiger partial charge in [0.1, 0.15) is 11.6 Å². The molecule has 0 saturated heterocycles. The van der Waals surface area contributed by atoms with Crippen LogP contribution >= 0.6 is 0 Å². The quantitative estimate of drug-likeness (QED) is 0.854. The Hall–Kier alpha value is -2.40. The molecule has 0 heterocycles. The van der Waals surface area contributed by atoms with Gasteiger partial charge in [0.25, 0.3) is 5.91 Å². The SMILES string of the molecule is COC(CNC(=O)COc1ccc(C)cc1)c1cccc(F)c1. The summed E-state index contributed by atoms with van der Waals surface area (Å²) in [6.45, 7) is 2.15. The van der Waals surface area contributed by atoms with Crippen LogP contribution in [0.3, 0.4) is 0 Å². The van der Waals surface area contributed by atoms with Gasteiger partial charge in [0.15, 0.2) is 6.61 Å². The zero-order chi connectivity index (χ0) is 16.7. The van der Waals surface area contributed by atoms with Gasteiger partial charge in [-0.15, -0.1) is 0 Å². The second-order valence-electron chi connectivity index (χ2n) is 5.19. The van der Waals surface area contributed by atoms with Crippen LogP contribution in [-0.2, 0) is 9.53 Å². The Kier molecular flexibility index (Phi) is 6.11. The standard InChI is InChI=1S/C18H20FNO3/c1-13-6-8-16(9-7-13)23-12-18(21)20-11-17(22-2)14-4-3-5-15(19)10-14/h3-10,17H,11-12H2,1-2H3,(H,20,21). The van der Waals surface area contributed by atoms with Crippen LogP contribution in [0, 0.1) is 12.7 Å². The maximum absolute atomic E-state index is 13.2. The molecule has 1 unspecified atom stereocenters. The molecule has 4 nitrogen and oxygen atoms in total. The summed E-state index contributed by atoms with van der Waals surface area (Å²) in [5, 5.41) is 2.72. The van der Waals surface area contributed by atoms with E-state index in [1.165, 1.54) is 19.2 Å². The Morgan fingerprint density at radius 3 is 2.61 bits per heavy atom. The molecule has 2 aromatic rings. The van der Waals surface area contributed by atoms with Crippen molar-refractivity contribution in [3.63, 3.8) is 0 Å². The number of benzene rings is 2. The Morgan fingerprint density at radius 2 is 1.96 bits per heavy atom. The third-order valence-corrected chi connectivity index (χ3v) is 3.38. The van der Waals surface area contributed by atoms with Gasteiger partial charge in [0.05, 0.1) is 6.10 Å². The molecule has 0 bridgehead atoms. The van der Waals surface area contributed by atoms with Crippen LogP contribution in [0.5, 0.6) is 5.75 Å². The number of hydrogen-bond acceptors (Lipinski definition) is 3. The summed E-state index contributed by atoms with van der Waals surface area (Å²) in [5.41, 5.74) is 1.80. The number of amides is 1. The van der Waals surface area contributed by atoms with E-state index < -0.39 is 6.10 Å². The average molecular weight is 317 g/mol. The second-order valence-corrected chi connectivity index (χ2v) is 5.19. The molecule has 0 radical (unpaired) electrons. The lowest BCUT2D eigenvalue weighted by atomic mass is 10.1. The summed E-state index contributed by atoms with van der Waals surface area (Å²) in [6.07, 6.45) is -0.408. The first-order valence-electron chi connectivity index (χ1n) is 7.33. The van der Waals surface area contributed by atoms with Crippen LogP contribution in [0.25, 0.3) is 0 Å². The first-order chi connectivity index (χ1) is 11.1.